The molecule has 0 amide bonds. The first kappa shape index (κ1) is 17.5. The maximum Gasteiger partial charge on any atom is 0.271 e. The summed E-state index contributed by atoms with van der Waals surface area (Å²) in [4.78, 5) is 10.6. The Bertz CT molecular complexity index is 1000. The molecular formula is C19H15F2N3O2. The molecule has 1 heterocycles. The van der Waals surface area contributed by atoms with Crippen molar-refractivity contribution in [2.24, 2.45) is 5.92 Å². The lowest BCUT2D eigenvalue weighted by molar-refractivity contribution is -0.384. The highest BCUT2D eigenvalue weighted by atomic mass is 19.1. The Morgan fingerprint density at radius 3 is 2.62 bits per heavy atom. The molecule has 5 nitrogen and oxygen atoms in total. The van der Waals surface area contributed by atoms with E-state index in [-0.39, 0.29) is 12.2 Å². The van der Waals surface area contributed by atoms with Gasteiger partial charge in [0, 0.05) is 41.7 Å². The van der Waals surface area contributed by atoms with Gasteiger partial charge in [0.05, 0.1) is 35.4 Å². The van der Waals surface area contributed by atoms with Crippen LogP contribution in [-0.2, 0) is 6.54 Å². The Morgan fingerprint density at radius 1 is 1.19 bits per heavy atom. The number of alkyl halides is 2. The highest BCUT2D eigenvalue weighted by molar-refractivity contribution is 5.97. The maximum atomic E-state index is 13.0. The van der Waals surface area contributed by atoms with Crippen molar-refractivity contribution in [3.8, 4) is 17.2 Å². The van der Waals surface area contributed by atoms with E-state index in [0.717, 1.165) is 16.5 Å². The number of non-ortho nitro benzene ring substituents is 1. The number of rotatable bonds is 6. The van der Waals surface area contributed by atoms with E-state index in [1.165, 1.54) is 12.1 Å². The molecule has 26 heavy (non-hydrogen) atoms. The molecule has 0 N–H and O–H groups in total. The second kappa shape index (κ2) is 7.31. The smallest absolute Gasteiger partial charge is 0.271 e. The fraction of sp³-hybridized carbons (Fsp3) is 0.211. The van der Waals surface area contributed by atoms with Crippen LogP contribution < -0.4 is 0 Å². The molecule has 132 valence electrons. The third-order valence-electron chi connectivity index (χ3n) is 4.27. The number of nitriles is 1. The van der Waals surface area contributed by atoms with Crippen LogP contribution in [0.15, 0.2) is 48.7 Å². The summed E-state index contributed by atoms with van der Waals surface area (Å²) in [7, 11) is 0. The third-order valence-corrected chi connectivity index (χ3v) is 4.27. The average molecular weight is 355 g/mol. The largest absolute Gasteiger partial charge is 0.346 e. The number of hydrogen-bond acceptors (Lipinski definition) is 3. The van der Waals surface area contributed by atoms with Gasteiger partial charge in [0.15, 0.2) is 0 Å². The SMILES string of the molecule is N#Cc1cccc(-c2cn(CC(CF)CF)c3cc([N+](=O)[O-])ccc23)c1. The van der Waals surface area contributed by atoms with Crippen LogP contribution in [0.1, 0.15) is 5.56 Å². The summed E-state index contributed by atoms with van der Waals surface area (Å²) in [6.45, 7) is -1.56. The normalized spacial score (nSPS) is 11.0. The van der Waals surface area contributed by atoms with Gasteiger partial charge in [0.1, 0.15) is 0 Å². The molecule has 3 rings (SSSR count). The van der Waals surface area contributed by atoms with Crippen molar-refractivity contribution < 1.29 is 13.7 Å². The number of nitro groups is 1. The van der Waals surface area contributed by atoms with Crippen LogP contribution in [-0.4, -0.2) is 22.8 Å². The van der Waals surface area contributed by atoms with Gasteiger partial charge in [0.25, 0.3) is 5.69 Å². The highest BCUT2D eigenvalue weighted by Crippen LogP contribution is 2.33. The molecule has 0 unspecified atom stereocenters. The van der Waals surface area contributed by atoms with Gasteiger partial charge in [-0.05, 0) is 23.8 Å². The van der Waals surface area contributed by atoms with Gasteiger partial charge in [-0.2, -0.15) is 5.26 Å². The van der Waals surface area contributed by atoms with Crippen LogP contribution in [0, 0.1) is 27.4 Å². The molecule has 0 bridgehead atoms. The van der Waals surface area contributed by atoms with E-state index >= 15 is 0 Å². The van der Waals surface area contributed by atoms with Crippen molar-refractivity contribution in [3.05, 3.63) is 64.3 Å². The van der Waals surface area contributed by atoms with E-state index in [2.05, 4.69) is 6.07 Å². The summed E-state index contributed by atoms with van der Waals surface area (Å²) < 4.78 is 27.6. The molecule has 2 aromatic carbocycles. The second-order valence-corrected chi connectivity index (χ2v) is 6.02. The van der Waals surface area contributed by atoms with Crippen LogP contribution in [0.2, 0.25) is 0 Å². The molecule has 7 heteroatoms. The number of nitro benzene ring substituents is 1. The minimum Gasteiger partial charge on any atom is -0.346 e. The summed E-state index contributed by atoms with van der Waals surface area (Å²) in [5.41, 5.74) is 2.44. The number of benzene rings is 2. The summed E-state index contributed by atoms with van der Waals surface area (Å²) in [6.07, 6.45) is 1.73. The lowest BCUT2D eigenvalue weighted by Gasteiger charge is -2.11. The topological polar surface area (TPSA) is 71.9 Å². The Labute approximate surface area is 148 Å². The number of aromatic nitrogens is 1. The Balaban J connectivity index is 2.20. The average Bonchev–Trinajstić information content (AvgIpc) is 3.03. The monoisotopic (exact) mass is 355 g/mol. The Kier molecular flexibility index (Phi) is 4.94. The van der Waals surface area contributed by atoms with Gasteiger partial charge in [-0.25, -0.2) is 0 Å². The van der Waals surface area contributed by atoms with Crippen LogP contribution in [0.25, 0.3) is 22.0 Å². The van der Waals surface area contributed by atoms with Gasteiger partial charge in [-0.15, -0.1) is 0 Å². The molecule has 0 saturated heterocycles. The summed E-state index contributed by atoms with van der Waals surface area (Å²) in [5.74, 6) is -0.817. The Hall–Kier alpha value is -3.27. The summed E-state index contributed by atoms with van der Waals surface area (Å²) in [6, 6.07) is 13.4. The lowest BCUT2D eigenvalue weighted by atomic mass is 10.0. The van der Waals surface area contributed by atoms with Crippen molar-refractivity contribution in [2.45, 2.75) is 6.54 Å². The quantitative estimate of drug-likeness (QED) is 0.477. The molecule has 0 radical (unpaired) electrons. The third kappa shape index (κ3) is 3.26. The van der Waals surface area contributed by atoms with Crippen LogP contribution >= 0.6 is 0 Å². The van der Waals surface area contributed by atoms with E-state index in [4.69, 9.17) is 5.26 Å². The summed E-state index contributed by atoms with van der Waals surface area (Å²) in [5, 5.41) is 20.9. The highest BCUT2D eigenvalue weighted by Gasteiger charge is 2.17. The van der Waals surface area contributed by atoms with Gasteiger partial charge >= 0.3 is 0 Å². The molecule has 0 aliphatic heterocycles. The first-order valence-electron chi connectivity index (χ1n) is 7.97. The maximum absolute atomic E-state index is 13.0. The zero-order valence-corrected chi connectivity index (χ0v) is 13.7. The number of halogens is 2. The minimum atomic E-state index is -0.817. The zero-order chi connectivity index (χ0) is 18.7. The lowest BCUT2D eigenvalue weighted by Crippen LogP contribution is -2.14. The molecule has 0 aliphatic rings. The van der Waals surface area contributed by atoms with Crippen LogP contribution in [0.5, 0.6) is 0 Å². The van der Waals surface area contributed by atoms with E-state index in [1.54, 1.807) is 35.0 Å². The summed E-state index contributed by atoms with van der Waals surface area (Å²) >= 11 is 0. The van der Waals surface area contributed by atoms with Crippen molar-refractivity contribution in [2.75, 3.05) is 13.3 Å². The fourth-order valence-corrected chi connectivity index (χ4v) is 2.95. The van der Waals surface area contributed by atoms with E-state index < -0.39 is 24.2 Å². The molecule has 1 aromatic heterocycles. The van der Waals surface area contributed by atoms with E-state index in [1.807, 2.05) is 6.07 Å². The molecule has 0 fully saturated rings. The minimum absolute atomic E-state index is 0.0720. The molecule has 0 spiro atoms. The van der Waals surface area contributed by atoms with Crippen molar-refractivity contribution in [1.29, 1.82) is 5.26 Å². The molecule has 0 aliphatic carbocycles. The van der Waals surface area contributed by atoms with Crippen molar-refractivity contribution in [3.63, 3.8) is 0 Å². The first-order chi connectivity index (χ1) is 12.6. The first-order valence-corrected chi connectivity index (χ1v) is 7.97. The second-order valence-electron chi connectivity index (χ2n) is 6.02. The van der Waals surface area contributed by atoms with Gasteiger partial charge in [0.2, 0.25) is 0 Å². The molecule has 3 aromatic rings. The predicted molar refractivity (Wildman–Crippen MR) is 94.2 cm³/mol. The number of fused-ring (bicyclic) bond motifs is 1. The predicted octanol–water partition coefficient (Wildman–Crippen LogP) is 4.64. The van der Waals surface area contributed by atoms with Crippen LogP contribution in [0.3, 0.4) is 0 Å². The van der Waals surface area contributed by atoms with Crippen molar-refractivity contribution in [1.82, 2.24) is 4.57 Å². The molecule has 0 saturated carbocycles. The zero-order valence-electron chi connectivity index (χ0n) is 13.7. The standard InChI is InChI=1S/C19H15F2N3O2/c20-8-14(9-21)11-23-12-18(15-3-1-2-13(6-15)10-22)17-5-4-16(24(25)26)7-19(17)23/h1-7,12,14H,8-9,11H2. The van der Waals surface area contributed by atoms with Gasteiger partial charge in [-0.1, -0.05) is 12.1 Å². The molecule has 0 atom stereocenters. The van der Waals surface area contributed by atoms with Crippen LogP contribution in [0.4, 0.5) is 14.5 Å². The number of nitrogens with zero attached hydrogens (tertiary/aromatic N) is 3. The van der Waals surface area contributed by atoms with Crippen molar-refractivity contribution >= 4 is 16.6 Å². The van der Waals surface area contributed by atoms with E-state index in [0.29, 0.717) is 11.1 Å². The molecular weight excluding hydrogens is 340 g/mol. The Morgan fingerprint density at radius 2 is 1.96 bits per heavy atom. The fourth-order valence-electron chi connectivity index (χ4n) is 2.95. The van der Waals surface area contributed by atoms with Gasteiger partial charge in [-0.3, -0.25) is 18.9 Å². The van der Waals surface area contributed by atoms with E-state index in [9.17, 15) is 18.9 Å². The number of hydrogen-bond donors (Lipinski definition) is 0. The van der Waals surface area contributed by atoms with Gasteiger partial charge < -0.3 is 4.57 Å².